The van der Waals surface area contributed by atoms with Gasteiger partial charge in [-0.15, -0.1) is 0 Å². The fraction of sp³-hybridized carbons (Fsp3) is 0.773. The van der Waals surface area contributed by atoms with Gasteiger partial charge in [-0.1, -0.05) is 19.4 Å². The number of esters is 2. The van der Waals surface area contributed by atoms with Crippen LogP contribution in [0.1, 0.15) is 34.1 Å². The smallest absolute Gasteiger partial charge is 0.348 e. The molecule has 0 radical (unpaired) electrons. The number of ketones is 1. The Morgan fingerprint density at radius 2 is 1.97 bits per heavy atom. The largest absolute Gasteiger partial charge is 0.459 e. The molecule has 0 aromatic rings. The van der Waals surface area contributed by atoms with Crippen LogP contribution in [0.3, 0.4) is 0 Å². The SMILES string of the molecule is CC(=O)O[C@H]1C(=O)O[C@@H]2C[C@H]3C(C)=CC(=O)[C@@H](O)[C@]3(C)[C@H]3[C@]4(O)OC[C@]32[C@@H]1[C@@H](C)[C@H]4O. The molecule has 0 unspecified atom stereocenters. The van der Waals surface area contributed by atoms with Crippen LogP contribution < -0.4 is 0 Å². The lowest BCUT2D eigenvalue weighted by Crippen LogP contribution is -2.78. The van der Waals surface area contributed by atoms with E-state index in [4.69, 9.17) is 14.2 Å². The van der Waals surface area contributed by atoms with Crippen molar-refractivity contribution in [1.82, 2.24) is 0 Å². The van der Waals surface area contributed by atoms with Gasteiger partial charge in [0.05, 0.1) is 6.61 Å². The first-order valence-electron chi connectivity index (χ1n) is 10.7. The summed E-state index contributed by atoms with van der Waals surface area (Å²) in [5.41, 5.74) is -1.49. The van der Waals surface area contributed by atoms with Crippen molar-refractivity contribution in [3.63, 3.8) is 0 Å². The standard InChI is InChI=1S/C22H28O9/c1-8-5-12(24)17(26)20(4)11(8)6-13-21-7-29-22(28,19(20)21)16(25)9(2)14(21)15(18(27)31-13)30-10(3)23/h5,9,11,13-17,19,25-26,28H,6-7H2,1-4H3/t9-,11+,13-,14-,15-,16-,17-,19-,20-,21+,22-/m1/s1. The molecule has 9 nitrogen and oxygen atoms in total. The van der Waals surface area contributed by atoms with Crippen molar-refractivity contribution in [2.24, 2.45) is 34.5 Å². The Bertz CT molecular complexity index is 913. The molecule has 3 N–H and O–H groups in total. The minimum Gasteiger partial charge on any atom is -0.459 e. The van der Waals surface area contributed by atoms with E-state index in [0.717, 1.165) is 5.57 Å². The van der Waals surface area contributed by atoms with E-state index in [9.17, 15) is 29.7 Å². The summed E-state index contributed by atoms with van der Waals surface area (Å²) < 4.78 is 17.1. The van der Waals surface area contributed by atoms with Crippen LogP contribution in [-0.2, 0) is 28.6 Å². The highest BCUT2D eigenvalue weighted by atomic mass is 16.7. The summed E-state index contributed by atoms with van der Waals surface area (Å²) in [4.78, 5) is 37.4. The zero-order valence-electron chi connectivity index (χ0n) is 17.9. The topological polar surface area (TPSA) is 140 Å². The van der Waals surface area contributed by atoms with Crippen LogP contribution in [0.25, 0.3) is 0 Å². The zero-order valence-corrected chi connectivity index (χ0v) is 17.9. The van der Waals surface area contributed by atoms with Gasteiger partial charge < -0.3 is 29.5 Å². The zero-order chi connectivity index (χ0) is 22.7. The summed E-state index contributed by atoms with van der Waals surface area (Å²) >= 11 is 0. The van der Waals surface area contributed by atoms with Gasteiger partial charge in [0.25, 0.3) is 0 Å². The molecular formula is C22H28O9. The lowest BCUT2D eigenvalue weighted by molar-refractivity contribution is -0.339. The molecule has 2 saturated carbocycles. The number of aliphatic hydroxyl groups is 3. The average Bonchev–Trinajstić information content (AvgIpc) is 2.97. The van der Waals surface area contributed by atoms with E-state index < -0.39 is 76.5 Å². The molecule has 2 aliphatic heterocycles. The van der Waals surface area contributed by atoms with Gasteiger partial charge in [0.15, 0.2) is 11.6 Å². The molecule has 9 heteroatoms. The molecule has 2 saturated heterocycles. The third kappa shape index (κ3) is 2.23. The van der Waals surface area contributed by atoms with Gasteiger partial charge in [-0.2, -0.15) is 0 Å². The van der Waals surface area contributed by atoms with Crippen LogP contribution in [0.5, 0.6) is 0 Å². The first-order chi connectivity index (χ1) is 14.4. The minimum atomic E-state index is -2.05. The molecule has 2 heterocycles. The van der Waals surface area contributed by atoms with Gasteiger partial charge in [0.2, 0.25) is 6.10 Å². The van der Waals surface area contributed by atoms with Crippen LogP contribution in [0.4, 0.5) is 0 Å². The van der Waals surface area contributed by atoms with E-state index in [1.807, 2.05) is 0 Å². The molecule has 3 aliphatic carbocycles. The number of aliphatic hydroxyl groups excluding tert-OH is 2. The fourth-order valence-electron chi connectivity index (χ4n) is 7.91. The summed E-state index contributed by atoms with van der Waals surface area (Å²) in [5.74, 6) is -6.57. The minimum absolute atomic E-state index is 0.0536. The lowest BCUT2D eigenvalue weighted by atomic mass is 9.38. The Labute approximate surface area is 179 Å². The Balaban J connectivity index is 1.76. The van der Waals surface area contributed by atoms with Gasteiger partial charge >= 0.3 is 11.9 Å². The molecular weight excluding hydrogens is 408 g/mol. The van der Waals surface area contributed by atoms with Crippen molar-refractivity contribution in [2.45, 2.75) is 64.3 Å². The van der Waals surface area contributed by atoms with Crippen LogP contribution in [0.15, 0.2) is 11.6 Å². The highest BCUT2D eigenvalue weighted by molar-refractivity contribution is 5.96. The molecule has 0 amide bonds. The number of rotatable bonds is 1. The van der Waals surface area contributed by atoms with Crippen molar-refractivity contribution in [3.8, 4) is 0 Å². The van der Waals surface area contributed by atoms with Gasteiger partial charge in [-0.25, -0.2) is 4.79 Å². The van der Waals surface area contributed by atoms with Crippen LogP contribution in [-0.4, -0.2) is 69.9 Å². The molecule has 11 atom stereocenters. The molecule has 170 valence electrons. The average molecular weight is 436 g/mol. The van der Waals surface area contributed by atoms with Crippen molar-refractivity contribution in [3.05, 3.63) is 11.6 Å². The molecule has 5 aliphatic rings. The lowest BCUT2D eigenvalue weighted by Gasteiger charge is -2.68. The van der Waals surface area contributed by atoms with Gasteiger partial charge in [-0.3, -0.25) is 9.59 Å². The predicted octanol–water partition coefficient (Wildman–Crippen LogP) is -0.292. The van der Waals surface area contributed by atoms with Crippen molar-refractivity contribution in [1.29, 1.82) is 0 Å². The van der Waals surface area contributed by atoms with E-state index >= 15 is 0 Å². The van der Waals surface area contributed by atoms with Crippen LogP contribution in [0, 0.1) is 34.5 Å². The second-order valence-electron chi connectivity index (χ2n) is 10.2. The summed E-state index contributed by atoms with van der Waals surface area (Å²) in [7, 11) is 0. The number of allylic oxidation sites excluding steroid dienone is 1. The molecule has 2 bridgehead atoms. The Morgan fingerprint density at radius 1 is 1.29 bits per heavy atom. The molecule has 4 fully saturated rings. The number of carbonyl (C=O) groups excluding carboxylic acids is 3. The first kappa shape index (κ1) is 21.1. The molecule has 31 heavy (non-hydrogen) atoms. The highest BCUT2D eigenvalue weighted by Gasteiger charge is 2.83. The third-order valence-corrected chi connectivity index (χ3v) is 8.92. The summed E-state index contributed by atoms with van der Waals surface area (Å²) in [5, 5.41) is 34.0. The first-order valence-corrected chi connectivity index (χ1v) is 10.7. The molecule has 0 aromatic carbocycles. The molecule has 1 spiro atoms. The molecule has 0 aromatic heterocycles. The number of fused-ring (bicyclic) bond motifs is 1. The van der Waals surface area contributed by atoms with E-state index in [2.05, 4.69) is 0 Å². The fourth-order valence-corrected chi connectivity index (χ4v) is 7.91. The van der Waals surface area contributed by atoms with Crippen LogP contribution >= 0.6 is 0 Å². The maximum atomic E-state index is 12.9. The summed E-state index contributed by atoms with van der Waals surface area (Å²) in [6.45, 7) is 6.33. The summed E-state index contributed by atoms with van der Waals surface area (Å²) in [6.07, 6.45) is -3.09. The number of hydrogen-bond acceptors (Lipinski definition) is 9. The maximum absolute atomic E-state index is 12.9. The molecule has 5 rings (SSSR count). The monoisotopic (exact) mass is 436 g/mol. The van der Waals surface area contributed by atoms with Gasteiger partial charge in [0, 0.05) is 29.6 Å². The van der Waals surface area contributed by atoms with Crippen molar-refractivity contribution >= 4 is 17.7 Å². The Hall–Kier alpha value is -1.81. The maximum Gasteiger partial charge on any atom is 0.348 e. The Morgan fingerprint density at radius 3 is 2.61 bits per heavy atom. The van der Waals surface area contributed by atoms with E-state index in [0.29, 0.717) is 6.42 Å². The number of hydrogen-bond donors (Lipinski definition) is 3. The van der Waals surface area contributed by atoms with Crippen molar-refractivity contribution in [2.75, 3.05) is 6.61 Å². The van der Waals surface area contributed by atoms with Crippen molar-refractivity contribution < 1.29 is 43.9 Å². The number of ether oxygens (including phenoxy) is 3. The second-order valence-corrected chi connectivity index (χ2v) is 10.2. The third-order valence-electron chi connectivity index (χ3n) is 8.92. The quantitative estimate of drug-likeness (QED) is 0.473. The Kier molecular flexibility index (Phi) is 4.18. The van der Waals surface area contributed by atoms with Gasteiger partial charge in [-0.05, 0) is 31.3 Å². The van der Waals surface area contributed by atoms with E-state index in [1.54, 1.807) is 20.8 Å². The van der Waals surface area contributed by atoms with Crippen LogP contribution in [0.2, 0.25) is 0 Å². The van der Waals surface area contributed by atoms with Gasteiger partial charge in [0.1, 0.15) is 18.3 Å². The summed E-state index contributed by atoms with van der Waals surface area (Å²) in [6, 6.07) is 0. The number of carbonyl (C=O) groups is 3. The van der Waals surface area contributed by atoms with E-state index in [1.165, 1.54) is 13.0 Å². The normalized spacial score (nSPS) is 55.0. The predicted molar refractivity (Wildman–Crippen MR) is 102 cm³/mol. The van der Waals surface area contributed by atoms with E-state index in [-0.39, 0.29) is 12.5 Å². The highest BCUT2D eigenvalue weighted by Crippen LogP contribution is 2.73. The second kappa shape index (κ2) is 6.15.